The lowest BCUT2D eigenvalue weighted by molar-refractivity contribution is 0.0943. The Hall–Kier alpha value is -1.79. The molecule has 0 aromatic heterocycles. The Kier molecular flexibility index (Phi) is 5.83. The largest absolute Gasteiger partial charge is 0.384 e. The van der Waals surface area contributed by atoms with E-state index in [1.165, 1.54) is 32.1 Å². The fourth-order valence-corrected chi connectivity index (χ4v) is 2.86. The Balaban J connectivity index is 1.99. The highest BCUT2D eigenvalue weighted by atomic mass is 16.2. The first kappa shape index (κ1) is 15.6. The van der Waals surface area contributed by atoms with Crippen molar-refractivity contribution in [3.05, 3.63) is 34.9 Å². The average Bonchev–Trinajstić information content (AvgIpc) is 2.51. The van der Waals surface area contributed by atoms with Crippen LogP contribution in [0.5, 0.6) is 0 Å². The minimum Gasteiger partial charge on any atom is -0.384 e. The number of nitrogens with one attached hydrogen (secondary N) is 1. The molecule has 3 nitrogen and oxygen atoms in total. The minimum absolute atomic E-state index is 0.0312. The van der Waals surface area contributed by atoms with Gasteiger partial charge >= 0.3 is 0 Å². The summed E-state index contributed by atoms with van der Waals surface area (Å²) in [7, 11) is 0. The molecular formula is C18H23NO2. The molecule has 2 N–H and O–H groups in total. The minimum atomic E-state index is -0.169. The van der Waals surface area contributed by atoms with E-state index in [1.807, 2.05) is 19.1 Å². The van der Waals surface area contributed by atoms with Gasteiger partial charge < -0.3 is 10.4 Å². The third kappa shape index (κ3) is 4.91. The first-order valence-electron chi connectivity index (χ1n) is 7.68. The van der Waals surface area contributed by atoms with Gasteiger partial charge in [0.2, 0.25) is 0 Å². The zero-order chi connectivity index (χ0) is 15.1. The molecule has 1 saturated carbocycles. The van der Waals surface area contributed by atoms with Gasteiger partial charge in [0.05, 0.1) is 0 Å². The highest BCUT2D eigenvalue weighted by molar-refractivity contribution is 5.94. The van der Waals surface area contributed by atoms with Crippen molar-refractivity contribution < 1.29 is 9.90 Å². The molecule has 1 fully saturated rings. The van der Waals surface area contributed by atoms with Crippen molar-refractivity contribution in [3.63, 3.8) is 0 Å². The first-order chi connectivity index (χ1) is 10.2. The van der Waals surface area contributed by atoms with E-state index >= 15 is 0 Å². The van der Waals surface area contributed by atoms with E-state index < -0.39 is 0 Å². The Morgan fingerprint density at radius 1 is 1.29 bits per heavy atom. The molecule has 1 amide bonds. The van der Waals surface area contributed by atoms with Gasteiger partial charge in [0.15, 0.2) is 0 Å². The molecular weight excluding hydrogens is 262 g/mol. The Morgan fingerprint density at radius 2 is 2.05 bits per heavy atom. The van der Waals surface area contributed by atoms with E-state index in [2.05, 4.69) is 17.2 Å². The molecule has 112 valence electrons. The van der Waals surface area contributed by atoms with E-state index in [0.29, 0.717) is 11.5 Å². The summed E-state index contributed by atoms with van der Waals surface area (Å²) in [5.74, 6) is 6.07. The summed E-state index contributed by atoms with van der Waals surface area (Å²) < 4.78 is 0. The van der Waals surface area contributed by atoms with Crippen molar-refractivity contribution in [1.82, 2.24) is 5.32 Å². The number of amides is 1. The molecule has 3 heteroatoms. The zero-order valence-corrected chi connectivity index (χ0v) is 12.6. The van der Waals surface area contributed by atoms with Gasteiger partial charge in [-0.1, -0.05) is 31.1 Å². The molecule has 2 rings (SSSR count). The molecule has 0 heterocycles. The van der Waals surface area contributed by atoms with Crippen LogP contribution >= 0.6 is 0 Å². The van der Waals surface area contributed by atoms with E-state index in [1.54, 1.807) is 6.07 Å². The van der Waals surface area contributed by atoms with E-state index in [4.69, 9.17) is 5.11 Å². The summed E-state index contributed by atoms with van der Waals surface area (Å²) in [6.45, 7) is 2.55. The standard InChI is InChI=1S/C18H23NO2/c1-14-10-16(8-5-9-20)12-17(11-14)18(21)19-13-15-6-3-2-4-7-15/h10-12,15,20H,2-4,6-7,9,13H2,1H3,(H,19,21). The maximum absolute atomic E-state index is 12.3. The van der Waals surface area contributed by atoms with Crippen LogP contribution in [0.4, 0.5) is 0 Å². The number of aliphatic hydroxyl groups is 1. The fraction of sp³-hybridized carbons (Fsp3) is 0.500. The second kappa shape index (κ2) is 7.85. The number of carbonyl (C=O) groups is 1. The van der Waals surface area contributed by atoms with Crippen LogP contribution < -0.4 is 5.32 Å². The topological polar surface area (TPSA) is 49.3 Å². The molecule has 0 unspecified atom stereocenters. The molecule has 0 spiro atoms. The predicted molar refractivity (Wildman–Crippen MR) is 84.1 cm³/mol. The van der Waals surface area contributed by atoms with Gasteiger partial charge in [-0.2, -0.15) is 0 Å². The molecule has 0 saturated heterocycles. The van der Waals surface area contributed by atoms with Gasteiger partial charge in [0, 0.05) is 17.7 Å². The number of carbonyl (C=O) groups excluding carboxylic acids is 1. The number of aryl methyl sites for hydroxylation is 1. The van der Waals surface area contributed by atoms with E-state index in [0.717, 1.165) is 17.7 Å². The van der Waals surface area contributed by atoms with Crippen molar-refractivity contribution >= 4 is 5.91 Å². The third-order valence-electron chi connectivity index (χ3n) is 3.93. The van der Waals surface area contributed by atoms with Gasteiger partial charge in [-0.25, -0.2) is 0 Å². The van der Waals surface area contributed by atoms with Crippen molar-refractivity contribution in [1.29, 1.82) is 0 Å². The number of hydrogen-bond donors (Lipinski definition) is 2. The molecule has 1 aromatic rings. The Labute approximate surface area is 126 Å². The van der Waals surface area contributed by atoms with Crippen LogP contribution in [0.3, 0.4) is 0 Å². The summed E-state index contributed by atoms with van der Waals surface area (Å²) in [4.78, 5) is 12.3. The lowest BCUT2D eigenvalue weighted by Gasteiger charge is -2.21. The number of aliphatic hydroxyl groups excluding tert-OH is 1. The van der Waals surface area contributed by atoms with Gasteiger partial charge in [0.25, 0.3) is 5.91 Å². The van der Waals surface area contributed by atoms with Crippen LogP contribution in [0.1, 0.15) is 53.6 Å². The molecule has 0 bridgehead atoms. The molecule has 1 aromatic carbocycles. The molecule has 0 atom stereocenters. The van der Waals surface area contributed by atoms with Crippen molar-refractivity contribution in [2.75, 3.05) is 13.2 Å². The van der Waals surface area contributed by atoms with Crippen LogP contribution in [0.2, 0.25) is 0 Å². The van der Waals surface area contributed by atoms with Gasteiger partial charge in [-0.15, -0.1) is 0 Å². The maximum atomic E-state index is 12.3. The Morgan fingerprint density at radius 3 is 2.76 bits per heavy atom. The van der Waals surface area contributed by atoms with Crippen LogP contribution in [-0.2, 0) is 0 Å². The van der Waals surface area contributed by atoms with E-state index in [9.17, 15) is 4.79 Å². The van der Waals surface area contributed by atoms with Gasteiger partial charge in [-0.3, -0.25) is 4.79 Å². The van der Waals surface area contributed by atoms with Crippen LogP contribution in [0, 0.1) is 24.7 Å². The Bertz CT molecular complexity index is 548. The molecule has 0 radical (unpaired) electrons. The summed E-state index contributed by atoms with van der Waals surface area (Å²) >= 11 is 0. The van der Waals surface area contributed by atoms with Gasteiger partial charge in [-0.05, 0) is 49.4 Å². The second-order valence-electron chi connectivity index (χ2n) is 5.76. The lowest BCUT2D eigenvalue weighted by atomic mass is 9.89. The average molecular weight is 285 g/mol. The highest BCUT2D eigenvalue weighted by Crippen LogP contribution is 2.22. The van der Waals surface area contributed by atoms with Crippen LogP contribution in [-0.4, -0.2) is 24.2 Å². The monoisotopic (exact) mass is 285 g/mol. The van der Waals surface area contributed by atoms with Crippen molar-refractivity contribution in [3.8, 4) is 11.8 Å². The zero-order valence-electron chi connectivity index (χ0n) is 12.6. The summed E-state index contributed by atoms with van der Waals surface area (Å²) in [6, 6.07) is 5.58. The summed E-state index contributed by atoms with van der Waals surface area (Å²) in [5.41, 5.74) is 2.42. The number of rotatable bonds is 3. The van der Waals surface area contributed by atoms with Crippen LogP contribution in [0.25, 0.3) is 0 Å². The van der Waals surface area contributed by atoms with Gasteiger partial charge in [0.1, 0.15) is 6.61 Å². The summed E-state index contributed by atoms with van der Waals surface area (Å²) in [6.07, 6.45) is 6.34. The molecule has 21 heavy (non-hydrogen) atoms. The quantitative estimate of drug-likeness (QED) is 0.839. The molecule has 1 aliphatic carbocycles. The SMILES string of the molecule is Cc1cc(C#CCO)cc(C(=O)NCC2CCCCC2)c1. The number of benzene rings is 1. The predicted octanol–water partition coefficient (Wildman–Crippen LogP) is 2.65. The molecule has 0 aliphatic heterocycles. The maximum Gasteiger partial charge on any atom is 0.251 e. The smallest absolute Gasteiger partial charge is 0.251 e. The molecule has 1 aliphatic rings. The van der Waals surface area contributed by atoms with E-state index in [-0.39, 0.29) is 12.5 Å². The van der Waals surface area contributed by atoms with Crippen molar-refractivity contribution in [2.45, 2.75) is 39.0 Å². The fourth-order valence-electron chi connectivity index (χ4n) is 2.86. The third-order valence-corrected chi connectivity index (χ3v) is 3.93. The summed E-state index contributed by atoms with van der Waals surface area (Å²) in [5, 5.41) is 11.8. The second-order valence-corrected chi connectivity index (χ2v) is 5.76. The highest BCUT2D eigenvalue weighted by Gasteiger charge is 2.15. The number of hydrogen-bond acceptors (Lipinski definition) is 2. The van der Waals surface area contributed by atoms with Crippen molar-refractivity contribution in [2.24, 2.45) is 5.92 Å². The normalized spacial score (nSPS) is 15.1. The first-order valence-corrected chi connectivity index (χ1v) is 7.68. The lowest BCUT2D eigenvalue weighted by Crippen LogP contribution is -2.30. The van der Waals surface area contributed by atoms with Crippen LogP contribution in [0.15, 0.2) is 18.2 Å².